The Morgan fingerprint density at radius 1 is 1.28 bits per heavy atom. The summed E-state index contributed by atoms with van der Waals surface area (Å²) in [6.45, 7) is 6.46. The van der Waals surface area contributed by atoms with Gasteiger partial charge < -0.3 is 10.1 Å². The fraction of sp³-hybridized carbons (Fsp3) is 0.625. The molecule has 1 unspecified atom stereocenters. The molecule has 0 radical (unpaired) electrons. The van der Waals surface area contributed by atoms with Crippen molar-refractivity contribution >= 4 is 0 Å². The van der Waals surface area contributed by atoms with Crippen LogP contribution in [0.3, 0.4) is 0 Å². The van der Waals surface area contributed by atoms with Gasteiger partial charge in [-0.15, -0.1) is 0 Å². The molecule has 0 fully saturated rings. The van der Waals surface area contributed by atoms with Crippen molar-refractivity contribution in [3.8, 4) is 5.75 Å². The van der Waals surface area contributed by atoms with Crippen LogP contribution >= 0.6 is 0 Å². The van der Waals surface area contributed by atoms with Crippen molar-refractivity contribution in [1.82, 2.24) is 5.32 Å². The van der Waals surface area contributed by atoms with Crippen LogP contribution in [0.25, 0.3) is 0 Å². The van der Waals surface area contributed by atoms with E-state index in [1.165, 1.54) is 36.8 Å². The van der Waals surface area contributed by atoms with E-state index >= 15 is 0 Å². The molecule has 0 bridgehead atoms. The zero-order valence-corrected chi connectivity index (χ0v) is 11.7. The van der Waals surface area contributed by atoms with Gasteiger partial charge in [0.1, 0.15) is 5.75 Å². The highest BCUT2D eigenvalue weighted by Gasteiger charge is 2.14. The highest BCUT2D eigenvalue weighted by molar-refractivity contribution is 5.40. The van der Waals surface area contributed by atoms with Gasteiger partial charge in [-0.3, -0.25) is 0 Å². The molecular formula is C16H25NO. The molecule has 0 spiro atoms. The molecule has 1 N–H and O–H groups in total. The maximum atomic E-state index is 5.54. The van der Waals surface area contributed by atoms with Crippen LogP contribution < -0.4 is 10.1 Å². The third-order valence-corrected chi connectivity index (χ3v) is 3.69. The van der Waals surface area contributed by atoms with Gasteiger partial charge in [0.05, 0.1) is 6.61 Å². The molecule has 2 heteroatoms. The second-order valence-electron chi connectivity index (χ2n) is 5.20. The van der Waals surface area contributed by atoms with Crippen LogP contribution in [0, 0.1) is 0 Å². The predicted molar refractivity (Wildman–Crippen MR) is 76.2 cm³/mol. The Labute approximate surface area is 111 Å². The van der Waals surface area contributed by atoms with Crippen molar-refractivity contribution in [2.24, 2.45) is 0 Å². The molecule has 0 amide bonds. The van der Waals surface area contributed by atoms with E-state index in [1.807, 2.05) is 0 Å². The first-order valence-electron chi connectivity index (χ1n) is 7.30. The van der Waals surface area contributed by atoms with Crippen molar-refractivity contribution in [1.29, 1.82) is 0 Å². The largest absolute Gasteiger partial charge is 0.493 e. The summed E-state index contributed by atoms with van der Waals surface area (Å²) in [6, 6.07) is 7.05. The molecule has 1 aliphatic rings. The minimum Gasteiger partial charge on any atom is -0.493 e. The van der Waals surface area contributed by atoms with E-state index < -0.39 is 0 Å². The van der Waals surface area contributed by atoms with Crippen molar-refractivity contribution in [3.63, 3.8) is 0 Å². The lowest BCUT2D eigenvalue weighted by molar-refractivity contribution is 0.356. The molecule has 1 aliphatic heterocycles. The van der Waals surface area contributed by atoms with Crippen molar-refractivity contribution in [2.45, 2.75) is 52.0 Å². The Hall–Kier alpha value is -1.02. The van der Waals surface area contributed by atoms with Crippen LogP contribution in [0.15, 0.2) is 18.2 Å². The smallest absolute Gasteiger partial charge is 0.122 e. The van der Waals surface area contributed by atoms with E-state index in [4.69, 9.17) is 4.74 Å². The zero-order valence-electron chi connectivity index (χ0n) is 11.7. The Bertz CT molecular complexity index is 375. The van der Waals surface area contributed by atoms with Gasteiger partial charge in [-0.1, -0.05) is 38.3 Å². The van der Waals surface area contributed by atoms with Crippen LogP contribution in [0.4, 0.5) is 0 Å². The lowest BCUT2D eigenvalue weighted by Crippen LogP contribution is -2.19. The first kappa shape index (κ1) is 13.4. The molecule has 1 heterocycles. The van der Waals surface area contributed by atoms with E-state index in [9.17, 15) is 0 Å². The van der Waals surface area contributed by atoms with E-state index in [1.54, 1.807) is 0 Å². The third-order valence-electron chi connectivity index (χ3n) is 3.69. The Morgan fingerprint density at radius 3 is 3.00 bits per heavy atom. The first-order valence-corrected chi connectivity index (χ1v) is 7.30. The highest BCUT2D eigenvalue weighted by Crippen LogP contribution is 2.28. The standard InChI is InChI=1S/C16H25NO/c1-3-4-5-6-10-17-13(2)14-7-8-16-15(12-14)9-11-18-16/h7-8,12-13,17H,3-6,9-11H2,1-2H3. The van der Waals surface area contributed by atoms with Gasteiger partial charge in [-0.05, 0) is 37.1 Å². The third kappa shape index (κ3) is 3.49. The molecule has 18 heavy (non-hydrogen) atoms. The minimum atomic E-state index is 0.442. The number of nitrogens with one attached hydrogen (secondary N) is 1. The fourth-order valence-electron chi connectivity index (χ4n) is 2.46. The highest BCUT2D eigenvalue weighted by atomic mass is 16.5. The zero-order chi connectivity index (χ0) is 12.8. The normalized spacial score (nSPS) is 15.2. The number of unbranched alkanes of at least 4 members (excludes halogenated alkanes) is 3. The Balaban J connectivity index is 1.80. The topological polar surface area (TPSA) is 21.3 Å². The van der Waals surface area contributed by atoms with Crippen molar-refractivity contribution < 1.29 is 4.74 Å². The van der Waals surface area contributed by atoms with Gasteiger partial charge >= 0.3 is 0 Å². The van der Waals surface area contributed by atoms with E-state index in [2.05, 4.69) is 37.4 Å². The maximum absolute atomic E-state index is 5.54. The molecule has 100 valence electrons. The number of hydrogen-bond acceptors (Lipinski definition) is 2. The average molecular weight is 247 g/mol. The van der Waals surface area contributed by atoms with Gasteiger partial charge in [-0.2, -0.15) is 0 Å². The maximum Gasteiger partial charge on any atom is 0.122 e. The average Bonchev–Trinajstić information content (AvgIpc) is 2.85. The lowest BCUT2D eigenvalue weighted by atomic mass is 10.0. The van der Waals surface area contributed by atoms with Gasteiger partial charge in [0.2, 0.25) is 0 Å². The molecule has 0 aromatic heterocycles. The quantitative estimate of drug-likeness (QED) is 0.739. The van der Waals surface area contributed by atoms with Gasteiger partial charge in [0.25, 0.3) is 0 Å². The minimum absolute atomic E-state index is 0.442. The molecular weight excluding hydrogens is 222 g/mol. The molecule has 1 atom stereocenters. The second kappa shape index (κ2) is 6.79. The summed E-state index contributed by atoms with van der Waals surface area (Å²) >= 11 is 0. The first-order chi connectivity index (χ1) is 8.81. The van der Waals surface area contributed by atoms with Crippen LogP contribution in [-0.2, 0) is 6.42 Å². The van der Waals surface area contributed by atoms with Crippen LogP contribution in [0.5, 0.6) is 5.75 Å². The molecule has 0 saturated carbocycles. The molecule has 2 nitrogen and oxygen atoms in total. The second-order valence-corrected chi connectivity index (χ2v) is 5.20. The number of hydrogen-bond donors (Lipinski definition) is 1. The summed E-state index contributed by atoms with van der Waals surface area (Å²) < 4.78 is 5.54. The molecule has 0 aliphatic carbocycles. The predicted octanol–water partition coefficient (Wildman–Crippen LogP) is 3.85. The summed E-state index contributed by atoms with van der Waals surface area (Å²) in [4.78, 5) is 0. The molecule has 1 aromatic carbocycles. The summed E-state index contributed by atoms with van der Waals surface area (Å²) in [5.41, 5.74) is 2.75. The van der Waals surface area contributed by atoms with E-state index in [0.29, 0.717) is 6.04 Å². The van der Waals surface area contributed by atoms with Crippen LogP contribution in [0.1, 0.15) is 56.7 Å². The Kier molecular flexibility index (Phi) is 5.06. The van der Waals surface area contributed by atoms with Gasteiger partial charge in [0, 0.05) is 12.5 Å². The van der Waals surface area contributed by atoms with Gasteiger partial charge in [-0.25, -0.2) is 0 Å². The fourth-order valence-corrected chi connectivity index (χ4v) is 2.46. The number of ether oxygens (including phenoxy) is 1. The van der Waals surface area contributed by atoms with Gasteiger partial charge in [0.15, 0.2) is 0 Å². The SMILES string of the molecule is CCCCCCNC(C)c1ccc2c(c1)CCO2. The molecule has 1 aromatic rings. The van der Waals surface area contributed by atoms with E-state index in [0.717, 1.165) is 25.3 Å². The lowest BCUT2D eigenvalue weighted by Gasteiger charge is -2.15. The van der Waals surface area contributed by atoms with Crippen LogP contribution in [0.2, 0.25) is 0 Å². The summed E-state index contributed by atoms with van der Waals surface area (Å²) in [5.74, 6) is 1.08. The summed E-state index contributed by atoms with van der Waals surface area (Å²) in [6.07, 6.45) is 6.35. The monoisotopic (exact) mass is 247 g/mol. The summed E-state index contributed by atoms with van der Waals surface area (Å²) in [5, 5.41) is 3.61. The number of benzene rings is 1. The number of rotatable bonds is 7. The van der Waals surface area contributed by atoms with E-state index in [-0.39, 0.29) is 0 Å². The van der Waals surface area contributed by atoms with Crippen molar-refractivity contribution in [2.75, 3.05) is 13.2 Å². The number of fused-ring (bicyclic) bond motifs is 1. The van der Waals surface area contributed by atoms with Crippen LogP contribution in [-0.4, -0.2) is 13.2 Å². The van der Waals surface area contributed by atoms with Crippen molar-refractivity contribution in [3.05, 3.63) is 29.3 Å². The molecule has 0 saturated heterocycles. The summed E-state index contributed by atoms with van der Waals surface area (Å²) in [7, 11) is 0. The Morgan fingerprint density at radius 2 is 2.17 bits per heavy atom. The molecule has 2 rings (SSSR count).